The Hall–Kier alpha value is -0.650. The second-order valence-corrected chi connectivity index (χ2v) is 3.61. The number of carbonyl (C=O) groups excluding carboxylic acids is 1. The zero-order chi connectivity index (χ0) is 10.8. The summed E-state index contributed by atoms with van der Waals surface area (Å²) in [6, 6.07) is 0. The van der Waals surface area contributed by atoms with Crippen molar-refractivity contribution in [3.63, 3.8) is 0 Å². The average Bonchev–Trinajstić information content (AvgIpc) is 2.44. The van der Waals surface area contributed by atoms with E-state index in [1.165, 1.54) is 5.06 Å². The number of hydroxylamine groups is 2. The van der Waals surface area contributed by atoms with Crippen molar-refractivity contribution in [1.82, 2.24) is 5.06 Å². The molecule has 1 N–H and O–H groups in total. The van der Waals surface area contributed by atoms with Crippen molar-refractivity contribution >= 4 is 5.97 Å². The van der Waals surface area contributed by atoms with E-state index in [1.54, 1.807) is 20.9 Å². The highest BCUT2D eigenvalue weighted by molar-refractivity contribution is 5.80. The van der Waals surface area contributed by atoms with Crippen molar-refractivity contribution < 1.29 is 19.5 Å². The largest absolute Gasteiger partial charge is 0.465 e. The van der Waals surface area contributed by atoms with Gasteiger partial charge in [0.25, 0.3) is 0 Å². The number of aliphatic hydroxyl groups excluding tert-OH is 1. The lowest BCUT2D eigenvalue weighted by molar-refractivity contribution is -0.192. The summed E-state index contributed by atoms with van der Waals surface area (Å²) in [6.07, 6.45) is 0.146. The Morgan fingerprint density at radius 3 is 2.86 bits per heavy atom. The molecule has 0 aromatic carbocycles. The smallest absolute Gasteiger partial charge is 0.328 e. The maximum atomic E-state index is 11.6. The molecule has 5 nitrogen and oxygen atoms in total. The molecule has 0 spiro atoms. The van der Waals surface area contributed by atoms with Crippen LogP contribution in [0.4, 0.5) is 0 Å². The molecule has 0 aromatic rings. The van der Waals surface area contributed by atoms with E-state index in [2.05, 4.69) is 0 Å². The van der Waals surface area contributed by atoms with Gasteiger partial charge in [0.2, 0.25) is 0 Å². The summed E-state index contributed by atoms with van der Waals surface area (Å²) in [4.78, 5) is 16.9. The normalized spacial score (nSPS) is 33.3. The maximum Gasteiger partial charge on any atom is 0.328 e. The molecule has 1 aliphatic heterocycles. The number of likely N-dealkylation sites (N-methyl/N-ethyl adjacent to an activating group) is 1. The van der Waals surface area contributed by atoms with E-state index >= 15 is 0 Å². The molecule has 1 saturated heterocycles. The fourth-order valence-corrected chi connectivity index (χ4v) is 1.55. The molecule has 0 aliphatic carbocycles. The summed E-state index contributed by atoms with van der Waals surface area (Å²) in [5.41, 5.74) is -0.774. The Morgan fingerprint density at radius 2 is 2.43 bits per heavy atom. The maximum absolute atomic E-state index is 11.6. The number of hydrogen-bond donors (Lipinski definition) is 1. The quantitative estimate of drug-likeness (QED) is 0.651. The highest BCUT2D eigenvalue weighted by Gasteiger charge is 2.48. The zero-order valence-corrected chi connectivity index (χ0v) is 8.82. The fourth-order valence-electron chi connectivity index (χ4n) is 1.55. The summed E-state index contributed by atoms with van der Waals surface area (Å²) < 4.78 is 4.95. The van der Waals surface area contributed by atoms with Gasteiger partial charge in [0, 0.05) is 13.5 Å². The van der Waals surface area contributed by atoms with E-state index in [0.29, 0.717) is 13.0 Å². The Bertz CT molecular complexity index is 221. The van der Waals surface area contributed by atoms with Crippen molar-refractivity contribution in [3.05, 3.63) is 0 Å². The number of hydrogen-bond acceptors (Lipinski definition) is 5. The molecule has 1 rings (SSSR count). The first kappa shape index (κ1) is 11.4. The van der Waals surface area contributed by atoms with Crippen LogP contribution in [0.5, 0.6) is 0 Å². The van der Waals surface area contributed by atoms with Crippen LogP contribution in [-0.4, -0.2) is 48.0 Å². The van der Waals surface area contributed by atoms with Crippen LogP contribution in [0.25, 0.3) is 0 Å². The average molecular weight is 203 g/mol. The minimum Gasteiger partial charge on any atom is -0.465 e. The zero-order valence-electron chi connectivity index (χ0n) is 8.82. The van der Waals surface area contributed by atoms with Gasteiger partial charge in [-0.25, -0.2) is 4.79 Å². The van der Waals surface area contributed by atoms with Crippen LogP contribution in [0.3, 0.4) is 0 Å². The van der Waals surface area contributed by atoms with Gasteiger partial charge in [-0.15, -0.1) is 0 Å². The number of nitrogens with zero attached hydrogens (tertiary/aromatic N) is 1. The summed E-state index contributed by atoms with van der Waals surface area (Å²) in [6.45, 7) is 3.78. The topological polar surface area (TPSA) is 59.0 Å². The Labute approximate surface area is 83.5 Å². The number of ether oxygens (including phenoxy) is 1. The van der Waals surface area contributed by atoms with Crippen molar-refractivity contribution in [2.75, 3.05) is 20.3 Å². The van der Waals surface area contributed by atoms with E-state index in [4.69, 9.17) is 14.7 Å². The molecule has 5 heteroatoms. The molecule has 1 fully saturated rings. The van der Waals surface area contributed by atoms with Gasteiger partial charge in [0.05, 0.1) is 13.2 Å². The fraction of sp³-hybridized carbons (Fsp3) is 0.889. The molecule has 0 radical (unpaired) electrons. The second-order valence-electron chi connectivity index (χ2n) is 3.61. The van der Waals surface area contributed by atoms with Gasteiger partial charge in [-0.1, -0.05) is 0 Å². The monoisotopic (exact) mass is 203 g/mol. The van der Waals surface area contributed by atoms with E-state index < -0.39 is 5.54 Å². The predicted molar refractivity (Wildman–Crippen MR) is 49.4 cm³/mol. The Morgan fingerprint density at radius 1 is 1.79 bits per heavy atom. The summed E-state index contributed by atoms with van der Waals surface area (Å²) in [5, 5.41) is 10.4. The summed E-state index contributed by atoms with van der Waals surface area (Å²) >= 11 is 0. The van der Waals surface area contributed by atoms with Crippen molar-refractivity contribution in [2.45, 2.75) is 31.9 Å². The molecule has 14 heavy (non-hydrogen) atoms. The van der Waals surface area contributed by atoms with E-state index in [9.17, 15) is 4.79 Å². The molecule has 0 saturated carbocycles. The third kappa shape index (κ3) is 1.89. The van der Waals surface area contributed by atoms with Gasteiger partial charge in [-0.3, -0.25) is 4.84 Å². The molecule has 82 valence electrons. The van der Waals surface area contributed by atoms with Crippen LogP contribution >= 0.6 is 0 Å². The van der Waals surface area contributed by atoms with Crippen LogP contribution in [0.1, 0.15) is 20.3 Å². The minimum absolute atomic E-state index is 0.0840. The lowest BCUT2D eigenvalue weighted by Gasteiger charge is -2.26. The van der Waals surface area contributed by atoms with Gasteiger partial charge in [0.1, 0.15) is 11.6 Å². The molecular weight excluding hydrogens is 186 g/mol. The molecule has 2 atom stereocenters. The molecule has 0 bridgehead atoms. The van der Waals surface area contributed by atoms with Crippen LogP contribution in [0, 0.1) is 0 Å². The van der Waals surface area contributed by atoms with Crippen LogP contribution in [0.2, 0.25) is 0 Å². The molecular formula is C9H17NO4. The molecule has 1 heterocycles. The SMILES string of the molecule is CCOC(=O)C1(C)CC(CO)ON1C. The first-order valence-corrected chi connectivity index (χ1v) is 4.73. The van der Waals surface area contributed by atoms with Crippen LogP contribution in [-0.2, 0) is 14.4 Å². The van der Waals surface area contributed by atoms with Crippen molar-refractivity contribution in [3.8, 4) is 0 Å². The third-order valence-electron chi connectivity index (χ3n) is 2.55. The number of esters is 1. The summed E-state index contributed by atoms with van der Waals surface area (Å²) in [5.74, 6) is -0.307. The highest BCUT2D eigenvalue weighted by atomic mass is 16.7. The van der Waals surface area contributed by atoms with Gasteiger partial charge in [-0.05, 0) is 13.8 Å². The van der Waals surface area contributed by atoms with Gasteiger partial charge in [-0.2, -0.15) is 5.06 Å². The molecule has 1 aliphatic rings. The van der Waals surface area contributed by atoms with Crippen LogP contribution < -0.4 is 0 Å². The molecule has 2 unspecified atom stereocenters. The number of carbonyl (C=O) groups is 1. The highest BCUT2D eigenvalue weighted by Crippen LogP contribution is 2.30. The van der Waals surface area contributed by atoms with Gasteiger partial charge >= 0.3 is 5.97 Å². The van der Waals surface area contributed by atoms with E-state index in [0.717, 1.165) is 0 Å². The van der Waals surface area contributed by atoms with Gasteiger partial charge in [0.15, 0.2) is 0 Å². The predicted octanol–water partition coefficient (Wildman–Crippen LogP) is -0.0638. The first-order chi connectivity index (χ1) is 6.54. The second kappa shape index (κ2) is 4.25. The lowest BCUT2D eigenvalue weighted by Crippen LogP contribution is -2.46. The van der Waals surface area contributed by atoms with E-state index in [-0.39, 0.29) is 18.7 Å². The van der Waals surface area contributed by atoms with E-state index in [1.807, 2.05) is 0 Å². The molecule has 0 amide bonds. The Balaban J connectivity index is 2.69. The third-order valence-corrected chi connectivity index (χ3v) is 2.55. The minimum atomic E-state index is -0.774. The molecule has 0 aromatic heterocycles. The summed E-state index contributed by atoms with van der Waals surface area (Å²) in [7, 11) is 1.67. The first-order valence-electron chi connectivity index (χ1n) is 4.73. The number of aliphatic hydroxyl groups is 1. The lowest BCUT2D eigenvalue weighted by atomic mass is 9.96. The Kier molecular flexibility index (Phi) is 3.47. The van der Waals surface area contributed by atoms with Crippen molar-refractivity contribution in [1.29, 1.82) is 0 Å². The standard InChI is InChI=1S/C9H17NO4/c1-4-13-8(12)9(2)5-7(6-11)14-10(9)3/h7,11H,4-6H2,1-3H3. The van der Waals surface area contributed by atoms with Crippen LogP contribution in [0.15, 0.2) is 0 Å². The van der Waals surface area contributed by atoms with Gasteiger partial charge < -0.3 is 9.84 Å². The van der Waals surface area contributed by atoms with Crippen molar-refractivity contribution in [2.24, 2.45) is 0 Å². The number of rotatable bonds is 3.